The Hall–Kier alpha value is -1.50. The van der Waals surface area contributed by atoms with Crippen LogP contribution in [0, 0.1) is 0 Å². The SMILES string of the molecule is COc1ccc2nc(Sc3ccc(CN)cc3Br)[nH]c2c1. The van der Waals surface area contributed by atoms with Gasteiger partial charge in [0.2, 0.25) is 0 Å². The topological polar surface area (TPSA) is 63.9 Å². The Bertz CT molecular complexity index is 788. The largest absolute Gasteiger partial charge is 0.497 e. The van der Waals surface area contributed by atoms with E-state index >= 15 is 0 Å². The summed E-state index contributed by atoms with van der Waals surface area (Å²) in [4.78, 5) is 8.97. The van der Waals surface area contributed by atoms with E-state index in [0.29, 0.717) is 6.54 Å². The summed E-state index contributed by atoms with van der Waals surface area (Å²) in [5, 5.41) is 0.847. The fourth-order valence-corrected chi connectivity index (χ4v) is 3.47. The highest BCUT2D eigenvalue weighted by Gasteiger charge is 2.08. The molecule has 0 fully saturated rings. The van der Waals surface area contributed by atoms with Crippen molar-refractivity contribution in [2.75, 3.05) is 7.11 Å². The molecule has 6 heteroatoms. The van der Waals surface area contributed by atoms with E-state index in [1.807, 2.05) is 36.4 Å². The molecule has 108 valence electrons. The number of nitrogens with one attached hydrogen (secondary N) is 1. The van der Waals surface area contributed by atoms with Gasteiger partial charge in [-0.3, -0.25) is 0 Å². The molecule has 0 aliphatic heterocycles. The third-order valence-corrected chi connectivity index (χ3v) is 4.99. The number of nitrogens with two attached hydrogens (primary N) is 1. The number of imidazole rings is 1. The second-order valence-electron chi connectivity index (χ2n) is 4.50. The Labute approximate surface area is 135 Å². The number of hydrogen-bond acceptors (Lipinski definition) is 4. The number of nitrogens with zero attached hydrogens (tertiary/aromatic N) is 1. The number of methoxy groups -OCH3 is 1. The molecule has 21 heavy (non-hydrogen) atoms. The zero-order valence-electron chi connectivity index (χ0n) is 11.4. The van der Waals surface area contributed by atoms with Gasteiger partial charge < -0.3 is 15.5 Å². The molecule has 2 aromatic carbocycles. The Morgan fingerprint density at radius 1 is 1.29 bits per heavy atom. The number of rotatable bonds is 4. The van der Waals surface area contributed by atoms with E-state index in [1.165, 1.54) is 0 Å². The van der Waals surface area contributed by atoms with Crippen LogP contribution in [0.1, 0.15) is 5.56 Å². The smallest absolute Gasteiger partial charge is 0.171 e. The van der Waals surface area contributed by atoms with Gasteiger partial charge in [0, 0.05) is 22.0 Å². The van der Waals surface area contributed by atoms with E-state index in [9.17, 15) is 0 Å². The maximum atomic E-state index is 5.64. The number of aromatic amines is 1. The van der Waals surface area contributed by atoms with Gasteiger partial charge in [-0.25, -0.2) is 4.98 Å². The quantitative estimate of drug-likeness (QED) is 0.736. The van der Waals surface area contributed by atoms with Crippen LogP contribution >= 0.6 is 27.7 Å². The van der Waals surface area contributed by atoms with Crippen molar-refractivity contribution in [3.05, 3.63) is 46.4 Å². The second-order valence-corrected chi connectivity index (χ2v) is 6.38. The predicted octanol–water partition coefficient (Wildman–Crippen LogP) is 3.94. The number of fused-ring (bicyclic) bond motifs is 1. The van der Waals surface area contributed by atoms with E-state index in [2.05, 4.69) is 25.9 Å². The number of aromatic nitrogens is 2. The molecule has 1 heterocycles. The normalized spacial score (nSPS) is 11.0. The van der Waals surface area contributed by atoms with Gasteiger partial charge >= 0.3 is 0 Å². The summed E-state index contributed by atoms with van der Waals surface area (Å²) in [6.45, 7) is 0.536. The number of hydrogen-bond donors (Lipinski definition) is 2. The lowest BCUT2D eigenvalue weighted by Crippen LogP contribution is -1.95. The molecule has 3 aromatic rings. The lowest BCUT2D eigenvalue weighted by molar-refractivity contribution is 0.415. The van der Waals surface area contributed by atoms with Gasteiger partial charge in [0.05, 0.1) is 18.1 Å². The van der Waals surface area contributed by atoms with Crippen LogP contribution in [-0.4, -0.2) is 17.1 Å². The van der Waals surface area contributed by atoms with Crippen molar-refractivity contribution in [1.29, 1.82) is 0 Å². The van der Waals surface area contributed by atoms with Gasteiger partial charge in [-0.05, 0) is 45.8 Å². The lowest BCUT2D eigenvalue weighted by atomic mass is 10.2. The molecule has 0 bridgehead atoms. The second kappa shape index (κ2) is 6.09. The van der Waals surface area contributed by atoms with E-state index in [4.69, 9.17) is 10.5 Å². The molecule has 0 amide bonds. The summed E-state index contributed by atoms with van der Waals surface area (Å²) in [7, 11) is 1.66. The highest BCUT2D eigenvalue weighted by atomic mass is 79.9. The zero-order valence-corrected chi connectivity index (χ0v) is 13.8. The minimum absolute atomic E-state index is 0.536. The average molecular weight is 364 g/mol. The van der Waals surface area contributed by atoms with Crippen molar-refractivity contribution < 1.29 is 4.74 Å². The van der Waals surface area contributed by atoms with Crippen LogP contribution in [0.15, 0.2) is 50.9 Å². The molecule has 0 radical (unpaired) electrons. The molecule has 3 rings (SSSR count). The summed E-state index contributed by atoms with van der Waals surface area (Å²) in [6.07, 6.45) is 0. The van der Waals surface area contributed by atoms with Crippen LogP contribution in [0.4, 0.5) is 0 Å². The van der Waals surface area contributed by atoms with Crippen LogP contribution < -0.4 is 10.5 Å². The molecule has 3 N–H and O–H groups in total. The Morgan fingerprint density at radius 2 is 2.14 bits per heavy atom. The van der Waals surface area contributed by atoms with E-state index in [0.717, 1.165) is 36.9 Å². The van der Waals surface area contributed by atoms with Crippen molar-refractivity contribution in [2.45, 2.75) is 16.6 Å². The van der Waals surface area contributed by atoms with Gasteiger partial charge in [0.25, 0.3) is 0 Å². The average Bonchev–Trinajstić information content (AvgIpc) is 2.90. The van der Waals surface area contributed by atoms with Crippen LogP contribution in [0.5, 0.6) is 5.75 Å². The molecule has 0 atom stereocenters. The molecule has 4 nitrogen and oxygen atoms in total. The van der Waals surface area contributed by atoms with Gasteiger partial charge in [0.1, 0.15) is 5.75 Å². The van der Waals surface area contributed by atoms with Crippen LogP contribution in [0.2, 0.25) is 0 Å². The van der Waals surface area contributed by atoms with Crippen LogP contribution in [0.3, 0.4) is 0 Å². The van der Waals surface area contributed by atoms with Crippen LogP contribution in [0.25, 0.3) is 11.0 Å². The van der Waals surface area contributed by atoms with Gasteiger partial charge in [-0.1, -0.05) is 17.8 Å². The first-order valence-corrected chi connectivity index (χ1v) is 8.00. The zero-order chi connectivity index (χ0) is 14.8. The first-order valence-electron chi connectivity index (χ1n) is 6.39. The Morgan fingerprint density at radius 3 is 2.86 bits per heavy atom. The molecular formula is C15H14BrN3OS. The highest BCUT2D eigenvalue weighted by molar-refractivity contribution is 9.10. The molecule has 0 aliphatic rings. The number of H-pyrrole nitrogens is 1. The molecule has 0 unspecified atom stereocenters. The fourth-order valence-electron chi connectivity index (χ4n) is 2.00. The van der Waals surface area contributed by atoms with E-state index in [-0.39, 0.29) is 0 Å². The van der Waals surface area contributed by atoms with Crippen molar-refractivity contribution in [2.24, 2.45) is 5.73 Å². The summed E-state index contributed by atoms with van der Waals surface area (Å²) < 4.78 is 6.24. The molecule has 1 aromatic heterocycles. The molecular weight excluding hydrogens is 350 g/mol. The van der Waals surface area contributed by atoms with E-state index in [1.54, 1.807) is 18.9 Å². The van der Waals surface area contributed by atoms with Crippen LogP contribution in [-0.2, 0) is 6.54 Å². The fraction of sp³-hybridized carbons (Fsp3) is 0.133. The first-order chi connectivity index (χ1) is 10.2. The number of ether oxygens (including phenoxy) is 1. The van der Waals surface area contributed by atoms with Gasteiger partial charge in [0.15, 0.2) is 5.16 Å². The highest BCUT2D eigenvalue weighted by Crippen LogP contribution is 2.33. The molecule has 0 saturated heterocycles. The number of halogens is 1. The Balaban J connectivity index is 1.91. The summed E-state index contributed by atoms with van der Waals surface area (Å²) in [5.41, 5.74) is 8.63. The standard InChI is InChI=1S/C15H14BrN3OS/c1-20-10-3-4-12-13(7-10)19-15(18-12)21-14-5-2-9(8-17)6-11(14)16/h2-7H,8,17H2,1H3,(H,18,19). The minimum Gasteiger partial charge on any atom is -0.497 e. The molecule has 0 spiro atoms. The minimum atomic E-state index is 0.536. The monoisotopic (exact) mass is 363 g/mol. The van der Waals surface area contributed by atoms with Crippen molar-refractivity contribution in [3.8, 4) is 5.75 Å². The lowest BCUT2D eigenvalue weighted by Gasteiger charge is -2.04. The number of benzene rings is 2. The third-order valence-electron chi connectivity index (χ3n) is 3.11. The maximum absolute atomic E-state index is 5.64. The Kier molecular flexibility index (Phi) is 4.19. The molecule has 0 aliphatic carbocycles. The first kappa shape index (κ1) is 14.4. The molecule has 0 saturated carbocycles. The summed E-state index contributed by atoms with van der Waals surface area (Å²) in [6, 6.07) is 11.9. The van der Waals surface area contributed by atoms with Crippen molar-refractivity contribution in [3.63, 3.8) is 0 Å². The third kappa shape index (κ3) is 3.07. The van der Waals surface area contributed by atoms with Crippen molar-refractivity contribution >= 4 is 38.7 Å². The summed E-state index contributed by atoms with van der Waals surface area (Å²) in [5.74, 6) is 0.816. The van der Waals surface area contributed by atoms with Gasteiger partial charge in [-0.2, -0.15) is 0 Å². The van der Waals surface area contributed by atoms with Crippen molar-refractivity contribution in [1.82, 2.24) is 9.97 Å². The van der Waals surface area contributed by atoms with Gasteiger partial charge in [-0.15, -0.1) is 0 Å². The van der Waals surface area contributed by atoms with E-state index < -0.39 is 0 Å². The predicted molar refractivity (Wildman–Crippen MR) is 88.8 cm³/mol. The summed E-state index contributed by atoms with van der Waals surface area (Å²) >= 11 is 5.15. The maximum Gasteiger partial charge on any atom is 0.171 e.